The van der Waals surface area contributed by atoms with Crippen LogP contribution in [0.15, 0.2) is 48.5 Å². The Bertz CT molecular complexity index is 787. The van der Waals surface area contributed by atoms with Crippen molar-refractivity contribution in [2.45, 2.75) is 6.92 Å². The van der Waals surface area contributed by atoms with E-state index in [-0.39, 0.29) is 11.4 Å². The number of hydrogen-bond acceptors (Lipinski definition) is 6. The van der Waals surface area contributed by atoms with Crippen LogP contribution < -0.4 is 11.1 Å². The number of anilines is 3. The van der Waals surface area contributed by atoms with E-state index in [0.29, 0.717) is 12.3 Å². The third-order valence-corrected chi connectivity index (χ3v) is 3.11. The Morgan fingerprint density at radius 3 is 2.79 bits per heavy atom. The molecule has 124 valence electrons. The lowest BCUT2D eigenvalue weighted by Crippen LogP contribution is -1.99. The summed E-state index contributed by atoms with van der Waals surface area (Å²) in [4.78, 5) is 21.6. The van der Waals surface area contributed by atoms with Crippen molar-refractivity contribution in [1.82, 2.24) is 0 Å². The summed E-state index contributed by atoms with van der Waals surface area (Å²) in [5.41, 5.74) is 8.14. The van der Waals surface area contributed by atoms with E-state index in [4.69, 9.17) is 10.5 Å². The highest BCUT2D eigenvalue weighted by atomic mass is 16.6. The molecule has 0 aliphatic carbocycles. The van der Waals surface area contributed by atoms with Gasteiger partial charge in [0.05, 0.1) is 22.9 Å². The lowest BCUT2D eigenvalue weighted by atomic mass is 10.1. The number of carbonyl (C=O) groups is 1. The van der Waals surface area contributed by atoms with E-state index >= 15 is 0 Å². The summed E-state index contributed by atoms with van der Waals surface area (Å²) >= 11 is 0. The molecule has 0 aliphatic heterocycles. The molecular formula is C17H17N3O4. The van der Waals surface area contributed by atoms with E-state index in [9.17, 15) is 14.9 Å². The van der Waals surface area contributed by atoms with Gasteiger partial charge in [0.15, 0.2) is 0 Å². The zero-order valence-electron chi connectivity index (χ0n) is 13.1. The minimum absolute atomic E-state index is 0.0656. The van der Waals surface area contributed by atoms with Gasteiger partial charge in [-0.2, -0.15) is 0 Å². The van der Waals surface area contributed by atoms with Crippen LogP contribution in [-0.2, 0) is 9.53 Å². The summed E-state index contributed by atoms with van der Waals surface area (Å²) in [6.07, 6.45) is 2.99. The van der Waals surface area contributed by atoms with Crippen LogP contribution in [0.3, 0.4) is 0 Å². The standard InChI is InChI=1S/C17H17N3O4/c1-2-24-17(21)9-6-12-4-3-5-13(10-12)19-16-8-7-14(20(22)23)11-15(16)18/h3-11,19H,2,18H2,1H3/b9-6+. The number of hydrogen-bond donors (Lipinski definition) is 2. The summed E-state index contributed by atoms with van der Waals surface area (Å²) < 4.78 is 4.82. The third-order valence-electron chi connectivity index (χ3n) is 3.11. The summed E-state index contributed by atoms with van der Waals surface area (Å²) in [5.74, 6) is -0.407. The maximum atomic E-state index is 11.3. The fourth-order valence-electron chi connectivity index (χ4n) is 2.01. The van der Waals surface area contributed by atoms with Crippen molar-refractivity contribution in [2.75, 3.05) is 17.7 Å². The monoisotopic (exact) mass is 327 g/mol. The normalized spacial score (nSPS) is 10.5. The Hall–Kier alpha value is -3.35. The summed E-state index contributed by atoms with van der Waals surface area (Å²) in [5, 5.41) is 13.8. The first kappa shape index (κ1) is 17.0. The molecule has 0 saturated heterocycles. The van der Waals surface area contributed by atoms with Crippen LogP contribution >= 0.6 is 0 Å². The molecule has 0 saturated carbocycles. The zero-order chi connectivity index (χ0) is 17.5. The van der Waals surface area contributed by atoms with Gasteiger partial charge in [-0.25, -0.2) is 4.79 Å². The van der Waals surface area contributed by atoms with Gasteiger partial charge in [0.1, 0.15) is 0 Å². The number of carbonyl (C=O) groups excluding carboxylic acids is 1. The van der Waals surface area contributed by atoms with Gasteiger partial charge < -0.3 is 15.8 Å². The van der Waals surface area contributed by atoms with Crippen LogP contribution in [0.1, 0.15) is 12.5 Å². The molecule has 0 atom stereocenters. The van der Waals surface area contributed by atoms with Crippen molar-refractivity contribution >= 4 is 34.8 Å². The average molecular weight is 327 g/mol. The highest BCUT2D eigenvalue weighted by Crippen LogP contribution is 2.27. The number of ether oxygens (including phenoxy) is 1. The molecule has 0 amide bonds. The molecule has 0 bridgehead atoms. The van der Waals surface area contributed by atoms with Gasteiger partial charge in [0.25, 0.3) is 5.69 Å². The van der Waals surface area contributed by atoms with Crippen LogP contribution in [0.2, 0.25) is 0 Å². The Morgan fingerprint density at radius 1 is 1.33 bits per heavy atom. The molecule has 0 spiro atoms. The van der Waals surface area contributed by atoms with E-state index in [0.717, 1.165) is 11.3 Å². The van der Waals surface area contributed by atoms with Crippen LogP contribution in [0.4, 0.5) is 22.7 Å². The summed E-state index contributed by atoms with van der Waals surface area (Å²) in [6, 6.07) is 11.5. The van der Waals surface area contributed by atoms with E-state index < -0.39 is 10.9 Å². The fourth-order valence-corrected chi connectivity index (χ4v) is 2.01. The highest BCUT2D eigenvalue weighted by molar-refractivity contribution is 5.87. The summed E-state index contributed by atoms with van der Waals surface area (Å²) in [6.45, 7) is 2.06. The number of nitrogens with one attached hydrogen (secondary N) is 1. The van der Waals surface area contributed by atoms with Gasteiger partial charge in [0.2, 0.25) is 0 Å². The molecule has 2 aromatic rings. The minimum atomic E-state index is -0.499. The van der Waals surface area contributed by atoms with Crippen molar-refractivity contribution in [3.8, 4) is 0 Å². The van der Waals surface area contributed by atoms with Crippen molar-refractivity contribution in [2.24, 2.45) is 0 Å². The van der Waals surface area contributed by atoms with E-state index in [1.807, 2.05) is 24.3 Å². The largest absolute Gasteiger partial charge is 0.463 e. The molecule has 0 fully saturated rings. The molecule has 24 heavy (non-hydrogen) atoms. The van der Waals surface area contributed by atoms with Gasteiger partial charge in [-0.15, -0.1) is 0 Å². The van der Waals surface area contributed by atoms with Crippen LogP contribution in [0.25, 0.3) is 6.08 Å². The molecule has 0 aromatic heterocycles. The number of nitrogens with zero attached hydrogens (tertiary/aromatic N) is 1. The van der Waals surface area contributed by atoms with Gasteiger partial charge in [-0.3, -0.25) is 10.1 Å². The number of nitrogen functional groups attached to an aromatic ring is 1. The highest BCUT2D eigenvalue weighted by Gasteiger charge is 2.08. The molecule has 3 N–H and O–H groups in total. The Kier molecular flexibility index (Phi) is 5.51. The Labute approximate surface area is 138 Å². The number of esters is 1. The second-order valence-electron chi connectivity index (χ2n) is 4.86. The first-order valence-corrected chi connectivity index (χ1v) is 7.25. The molecule has 0 unspecified atom stereocenters. The predicted octanol–water partition coefficient (Wildman–Crippen LogP) is 3.50. The van der Waals surface area contributed by atoms with Crippen molar-refractivity contribution in [3.05, 3.63) is 64.2 Å². The first-order chi connectivity index (χ1) is 11.5. The molecular weight excluding hydrogens is 310 g/mol. The molecule has 0 aliphatic rings. The van der Waals surface area contributed by atoms with Gasteiger partial charge in [-0.05, 0) is 36.8 Å². The molecule has 0 heterocycles. The minimum Gasteiger partial charge on any atom is -0.463 e. The van der Waals surface area contributed by atoms with Gasteiger partial charge >= 0.3 is 5.97 Å². The molecule has 0 radical (unpaired) electrons. The molecule has 2 aromatic carbocycles. The van der Waals surface area contributed by atoms with Crippen molar-refractivity contribution < 1.29 is 14.5 Å². The third kappa shape index (κ3) is 4.57. The second kappa shape index (κ2) is 7.77. The van der Waals surface area contributed by atoms with Gasteiger partial charge in [-0.1, -0.05) is 12.1 Å². The van der Waals surface area contributed by atoms with Crippen molar-refractivity contribution in [3.63, 3.8) is 0 Å². The molecule has 2 rings (SSSR count). The quantitative estimate of drug-likeness (QED) is 0.276. The van der Waals surface area contributed by atoms with E-state index in [2.05, 4.69) is 5.32 Å². The lowest BCUT2D eigenvalue weighted by Gasteiger charge is -2.09. The molecule has 7 heteroatoms. The number of nitro benzene ring substituents is 1. The number of rotatable bonds is 6. The Morgan fingerprint density at radius 2 is 2.12 bits per heavy atom. The number of benzene rings is 2. The van der Waals surface area contributed by atoms with Crippen molar-refractivity contribution in [1.29, 1.82) is 0 Å². The van der Waals surface area contributed by atoms with Crippen LogP contribution in [0.5, 0.6) is 0 Å². The number of non-ortho nitro benzene ring substituents is 1. The van der Waals surface area contributed by atoms with Gasteiger partial charge in [0, 0.05) is 23.9 Å². The first-order valence-electron chi connectivity index (χ1n) is 7.25. The maximum Gasteiger partial charge on any atom is 0.330 e. The topological polar surface area (TPSA) is 107 Å². The van der Waals surface area contributed by atoms with E-state index in [1.165, 1.54) is 18.2 Å². The molecule has 7 nitrogen and oxygen atoms in total. The fraction of sp³-hybridized carbons (Fsp3) is 0.118. The van der Waals surface area contributed by atoms with Crippen LogP contribution in [0, 0.1) is 10.1 Å². The number of nitrogens with two attached hydrogens (primary N) is 1. The SMILES string of the molecule is CCOC(=O)/C=C/c1cccc(Nc2ccc([N+](=O)[O-])cc2N)c1. The lowest BCUT2D eigenvalue weighted by molar-refractivity contribution is -0.384. The zero-order valence-corrected chi connectivity index (χ0v) is 13.1. The van der Waals surface area contributed by atoms with Crippen LogP contribution in [-0.4, -0.2) is 17.5 Å². The smallest absolute Gasteiger partial charge is 0.330 e. The maximum absolute atomic E-state index is 11.3. The average Bonchev–Trinajstić information content (AvgIpc) is 2.55. The van der Waals surface area contributed by atoms with E-state index in [1.54, 1.807) is 19.1 Å². The Balaban J connectivity index is 2.15. The predicted molar refractivity (Wildman–Crippen MR) is 92.9 cm³/mol. The number of nitro groups is 1. The summed E-state index contributed by atoms with van der Waals surface area (Å²) in [7, 11) is 0. The second-order valence-corrected chi connectivity index (χ2v) is 4.86.